The van der Waals surface area contributed by atoms with Gasteiger partial charge in [0.25, 0.3) is 0 Å². The first kappa shape index (κ1) is 18.3. The fraction of sp³-hybridized carbons (Fsp3) is 0.409. The normalized spacial score (nSPS) is 12.8. The number of rotatable bonds is 2. The van der Waals surface area contributed by atoms with Gasteiger partial charge in [0.05, 0.1) is 5.69 Å². The van der Waals surface area contributed by atoms with Crippen molar-refractivity contribution in [2.75, 3.05) is 0 Å². The summed E-state index contributed by atoms with van der Waals surface area (Å²) in [5, 5.41) is 10.7. The SMILES string of the molecule is Cc1ccc(N=Cc2cc(C(C)(C)C)cc(C(C)(C)C)c2O)cc1. The minimum absolute atomic E-state index is 0.0140. The summed E-state index contributed by atoms with van der Waals surface area (Å²) in [6.07, 6.45) is 1.77. The van der Waals surface area contributed by atoms with Gasteiger partial charge in [0.2, 0.25) is 0 Å². The highest BCUT2D eigenvalue weighted by molar-refractivity contribution is 5.86. The van der Waals surface area contributed by atoms with E-state index in [9.17, 15) is 5.11 Å². The van der Waals surface area contributed by atoms with Crippen LogP contribution in [0.3, 0.4) is 0 Å². The maximum atomic E-state index is 10.7. The topological polar surface area (TPSA) is 32.6 Å². The van der Waals surface area contributed by atoms with E-state index in [1.54, 1.807) is 6.21 Å². The molecule has 0 saturated carbocycles. The molecule has 0 unspecified atom stereocenters. The predicted octanol–water partition coefficient (Wildman–Crippen LogP) is 6.05. The van der Waals surface area contributed by atoms with Crippen molar-refractivity contribution in [3.05, 3.63) is 58.7 Å². The zero-order valence-electron chi connectivity index (χ0n) is 15.9. The molecular weight excluding hydrogens is 294 g/mol. The Bertz CT molecular complexity index is 741. The highest BCUT2D eigenvalue weighted by atomic mass is 16.3. The van der Waals surface area contributed by atoms with Gasteiger partial charge in [-0.15, -0.1) is 0 Å². The standard InChI is InChI=1S/C22H29NO/c1-15-8-10-18(11-9-15)23-14-16-12-17(21(2,3)4)13-19(20(16)24)22(5,6)7/h8-14,24H,1-7H3. The second-order valence-corrected chi connectivity index (χ2v) is 8.56. The molecule has 24 heavy (non-hydrogen) atoms. The Balaban J connectivity index is 2.54. The summed E-state index contributed by atoms with van der Waals surface area (Å²) in [4.78, 5) is 4.54. The Morgan fingerprint density at radius 2 is 1.46 bits per heavy atom. The van der Waals surface area contributed by atoms with Crippen molar-refractivity contribution in [2.45, 2.75) is 59.3 Å². The molecule has 0 fully saturated rings. The molecule has 0 saturated heterocycles. The highest BCUT2D eigenvalue weighted by Crippen LogP contribution is 2.37. The zero-order valence-corrected chi connectivity index (χ0v) is 15.9. The highest BCUT2D eigenvalue weighted by Gasteiger charge is 2.24. The van der Waals surface area contributed by atoms with Crippen LogP contribution in [0.15, 0.2) is 41.4 Å². The van der Waals surface area contributed by atoms with Crippen LogP contribution in [-0.2, 0) is 10.8 Å². The van der Waals surface area contributed by atoms with Crippen molar-refractivity contribution < 1.29 is 5.11 Å². The Hall–Kier alpha value is -2.09. The number of aliphatic imine (C=N–C) groups is 1. The first-order valence-electron chi connectivity index (χ1n) is 8.47. The second kappa shape index (κ2) is 6.43. The Morgan fingerprint density at radius 3 is 1.96 bits per heavy atom. The van der Waals surface area contributed by atoms with Gasteiger partial charge in [0.15, 0.2) is 0 Å². The lowest BCUT2D eigenvalue weighted by molar-refractivity contribution is 0.444. The lowest BCUT2D eigenvalue weighted by atomic mass is 9.79. The lowest BCUT2D eigenvalue weighted by Crippen LogP contribution is -2.17. The van der Waals surface area contributed by atoms with Crippen LogP contribution >= 0.6 is 0 Å². The maximum Gasteiger partial charge on any atom is 0.128 e. The molecule has 0 amide bonds. The minimum Gasteiger partial charge on any atom is -0.507 e. The van der Waals surface area contributed by atoms with E-state index in [1.165, 1.54) is 11.1 Å². The molecule has 2 rings (SSSR count). The van der Waals surface area contributed by atoms with Gasteiger partial charge >= 0.3 is 0 Å². The number of nitrogens with zero attached hydrogens (tertiary/aromatic N) is 1. The van der Waals surface area contributed by atoms with Gasteiger partial charge in [0.1, 0.15) is 5.75 Å². The van der Waals surface area contributed by atoms with Gasteiger partial charge in [-0.25, -0.2) is 0 Å². The molecule has 1 N–H and O–H groups in total. The van der Waals surface area contributed by atoms with E-state index in [1.807, 2.05) is 30.3 Å². The van der Waals surface area contributed by atoms with Crippen LogP contribution in [0.5, 0.6) is 5.75 Å². The van der Waals surface area contributed by atoms with Gasteiger partial charge < -0.3 is 5.11 Å². The molecular formula is C22H29NO. The Kier molecular flexibility index (Phi) is 4.89. The molecule has 2 nitrogen and oxygen atoms in total. The van der Waals surface area contributed by atoms with Crippen molar-refractivity contribution >= 4 is 11.9 Å². The number of phenols is 1. The van der Waals surface area contributed by atoms with Crippen LogP contribution in [-0.4, -0.2) is 11.3 Å². The van der Waals surface area contributed by atoms with E-state index >= 15 is 0 Å². The molecule has 0 aliphatic heterocycles. The van der Waals surface area contributed by atoms with Gasteiger partial charge in [-0.3, -0.25) is 4.99 Å². The minimum atomic E-state index is -0.127. The summed E-state index contributed by atoms with van der Waals surface area (Å²) in [5.41, 5.74) is 4.92. The van der Waals surface area contributed by atoms with Crippen molar-refractivity contribution in [1.29, 1.82) is 0 Å². The molecule has 0 spiro atoms. The monoisotopic (exact) mass is 323 g/mol. The zero-order chi connectivity index (χ0) is 18.1. The average molecular weight is 323 g/mol. The molecule has 0 bridgehead atoms. The van der Waals surface area contributed by atoms with Gasteiger partial charge in [-0.1, -0.05) is 65.3 Å². The van der Waals surface area contributed by atoms with Crippen LogP contribution in [0.25, 0.3) is 0 Å². The quantitative estimate of drug-likeness (QED) is 0.671. The summed E-state index contributed by atoms with van der Waals surface area (Å²) in [6.45, 7) is 15.0. The summed E-state index contributed by atoms with van der Waals surface area (Å²) >= 11 is 0. The van der Waals surface area contributed by atoms with Gasteiger partial charge in [-0.2, -0.15) is 0 Å². The third-order valence-electron chi connectivity index (χ3n) is 4.20. The largest absolute Gasteiger partial charge is 0.507 e. The van der Waals surface area contributed by atoms with Crippen LogP contribution in [0.4, 0.5) is 5.69 Å². The molecule has 0 atom stereocenters. The fourth-order valence-electron chi connectivity index (χ4n) is 2.53. The van der Waals surface area contributed by atoms with Crippen molar-refractivity contribution in [2.24, 2.45) is 4.99 Å². The van der Waals surface area contributed by atoms with E-state index in [4.69, 9.17) is 0 Å². The summed E-state index contributed by atoms with van der Waals surface area (Å²) in [5.74, 6) is 0.325. The van der Waals surface area contributed by atoms with Crippen LogP contribution in [0.1, 0.15) is 63.8 Å². The molecule has 0 aliphatic carbocycles. The van der Waals surface area contributed by atoms with E-state index in [0.717, 1.165) is 16.8 Å². The number of aryl methyl sites for hydroxylation is 1. The summed E-state index contributed by atoms with van der Waals surface area (Å²) in [7, 11) is 0. The van der Waals surface area contributed by atoms with Crippen LogP contribution < -0.4 is 0 Å². The van der Waals surface area contributed by atoms with E-state index in [0.29, 0.717) is 5.75 Å². The van der Waals surface area contributed by atoms with Crippen LogP contribution in [0, 0.1) is 6.92 Å². The lowest BCUT2D eigenvalue weighted by Gasteiger charge is -2.26. The van der Waals surface area contributed by atoms with Crippen molar-refractivity contribution in [1.82, 2.24) is 0 Å². The van der Waals surface area contributed by atoms with E-state index < -0.39 is 0 Å². The maximum absolute atomic E-state index is 10.7. The second-order valence-electron chi connectivity index (χ2n) is 8.56. The first-order chi connectivity index (χ1) is 11.0. The fourth-order valence-corrected chi connectivity index (χ4v) is 2.53. The molecule has 0 heterocycles. The van der Waals surface area contributed by atoms with Crippen molar-refractivity contribution in [3.8, 4) is 5.75 Å². The molecule has 2 heteroatoms. The molecule has 2 aromatic rings. The van der Waals surface area contributed by atoms with Crippen molar-refractivity contribution in [3.63, 3.8) is 0 Å². The Morgan fingerprint density at radius 1 is 0.875 bits per heavy atom. The number of hydrogen-bond donors (Lipinski definition) is 1. The predicted molar refractivity (Wildman–Crippen MR) is 104 cm³/mol. The smallest absolute Gasteiger partial charge is 0.128 e. The van der Waals surface area contributed by atoms with E-state index in [-0.39, 0.29) is 10.8 Å². The molecule has 128 valence electrons. The summed E-state index contributed by atoms with van der Waals surface area (Å²) in [6, 6.07) is 12.2. The first-order valence-corrected chi connectivity index (χ1v) is 8.47. The molecule has 0 aromatic heterocycles. The van der Waals surface area contributed by atoms with Gasteiger partial charge in [0, 0.05) is 17.3 Å². The number of benzene rings is 2. The van der Waals surface area contributed by atoms with Crippen LogP contribution in [0.2, 0.25) is 0 Å². The number of phenolic OH excluding ortho intramolecular Hbond substituents is 1. The summed E-state index contributed by atoms with van der Waals surface area (Å²) < 4.78 is 0. The Labute approximate surface area is 146 Å². The third-order valence-corrected chi connectivity index (χ3v) is 4.20. The molecule has 0 aliphatic rings. The average Bonchev–Trinajstić information content (AvgIpc) is 2.45. The van der Waals surface area contributed by atoms with E-state index in [2.05, 4.69) is 59.5 Å². The molecule has 0 radical (unpaired) electrons. The van der Waals surface area contributed by atoms with Gasteiger partial charge in [-0.05, 0) is 41.5 Å². The number of aromatic hydroxyl groups is 1. The molecule has 2 aromatic carbocycles. The number of hydrogen-bond acceptors (Lipinski definition) is 2. The third kappa shape index (κ3) is 4.25.